The number of fused-ring (bicyclic) bond motifs is 3. The molecule has 0 spiro atoms. The summed E-state index contributed by atoms with van der Waals surface area (Å²) in [6.45, 7) is 5.71. The number of aryl methyl sites for hydroxylation is 1. The lowest BCUT2D eigenvalue weighted by atomic mass is 10.1. The second-order valence-corrected chi connectivity index (χ2v) is 5.94. The molecule has 0 amide bonds. The molecule has 1 saturated heterocycles. The van der Waals surface area contributed by atoms with Gasteiger partial charge >= 0.3 is 0 Å². The topological polar surface area (TPSA) is 73.4 Å². The molecule has 1 aliphatic heterocycles. The molecule has 3 heterocycles. The molecule has 23 heavy (non-hydrogen) atoms. The maximum Gasteiger partial charge on any atom is 0.229 e. The molecule has 0 unspecified atom stereocenters. The molecule has 3 aromatic rings. The van der Waals surface area contributed by atoms with E-state index in [2.05, 4.69) is 33.0 Å². The van der Waals surface area contributed by atoms with E-state index in [-0.39, 0.29) is 0 Å². The lowest BCUT2D eigenvalue weighted by Gasteiger charge is -2.33. The minimum atomic E-state index is 0.606. The van der Waals surface area contributed by atoms with Gasteiger partial charge in [0.05, 0.1) is 17.1 Å². The van der Waals surface area contributed by atoms with E-state index in [0.29, 0.717) is 11.4 Å². The van der Waals surface area contributed by atoms with Crippen molar-refractivity contribution in [1.29, 1.82) is 5.26 Å². The summed E-state index contributed by atoms with van der Waals surface area (Å²) >= 11 is 0. The minimum absolute atomic E-state index is 0.606. The van der Waals surface area contributed by atoms with Crippen LogP contribution in [0.15, 0.2) is 18.2 Å². The number of hydrogen-bond donors (Lipinski definition) is 0. The van der Waals surface area contributed by atoms with Crippen molar-refractivity contribution in [3.8, 4) is 6.07 Å². The highest BCUT2D eigenvalue weighted by Gasteiger charge is 2.21. The van der Waals surface area contributed by atoms with Gasteiger partial charge in [0.15, 0.2) is 5.65 Å². The normalized spacial score (nSPS) is 16.1. The number of anilines is 1. The summed E-state index contributed by atoms with van der Waals surface area (Å²) in [4.78, 5) is 13.9. The fraction of sp³-hybridized carbons (Fsp3) is 0.375. The summed E-state index contributed by atoms with van der Waals surface area (Å²) in [7, 11) is 2.13. The zero-order chi connectivity index (χ0) is 16.0. The lowest BCUT2D eigenvalue weighted by Crippen LogP contribution is -2.45. The van der Waals surface area contributed by atoms with Crippen LogP contribution in [-0.4, -0.2) is 57.7 Å². The second-order valence-electron chi connectivity index (χ2n) is 5.94. The van der Waals surface area contributed by atoms with Gasteiger partial charge in [0.2, 0.25) is 5.95 Å². The molecule has 0 saturated carbocycles. The molecule has 0 bridgehead atoms. The molecule has 0 N–H and O–H groups in total. The highest BCUT2D eigenvalue weighted by atomic mass is 15.4. The summed E-state index contributed by atoms with van der Waals surface area (Å²) in [6.07, 6.45) is 0. The van der Waals surface area contributed by atoms with Gasteiger partial charge in [-0.25, -0.2) is 9.97 Å². The molecular formula is C16H17N7. The number of aromatic nitrogens is 4. The van der Waals surface area contributed by atoms with Gasteiger partial charge in [0.1, 0.15) is 5.82 Å². The van der Waals surface area contributed by atoms with Crippen molar-refractivity contribution in [2.75, 3.05) is 38.1 Å². The Hall–Kier alpha value is -2.72. The number of nitriles is 1. The van der Waals surface area contributed by atoms with Gasteiger partial charge in [0.25, 0.3) is 0 Å². The molecule has 4 rings (SSSR count). The average molecular weight is 307 g/mol. The van der Waals surface area contributed by atoms with Crippen LogP contribution in [0.4, 0.5) is 5.95 Å². The van der Waals surface area contributed by atoms with Crippen LogP contribution < -0.4 is 4.90 Å². The first kappa shape index (κ1) is 13.9. The summed E-state index contributed by atoms with van der Waals surface area (Å²) in [6, 6.07) is 7.69. The Balaban J connectivity index is 1.95. The van der Waals surface area contributed by atoms with Crippen molar-refractivity contribution in [2.45, 2.75) is 6.92 Å². The molecule has 0 radical (unpaired) electrons. The number of rotatable bonds is 1. The van der Waals surface area contributed by atoms with Crippen molar-refractivity contribution in [1.82, 2.24) is 24.5 Å². The first-order valence-corrected chi connectivity index (χ1v) is 7.66. The average Bonchev–Trinajstić information content (AvgIpc) is 2.96. The minimum Gasteiger partial charge on any atom is -0.338 e. The Labute approximate surface area is 133 Å². The van der Waals surface area contributed by atoms with E-state index in [9.17, 15) is 0 Å². The van der Waals surface area contributed by atoms with Crippen molar-refractivity contribution < 1.29 is 0 Å². The van der Waals surface area contributed by atoms with Crippen LogP contribution in [0.3, 0.4) is 0 Å². The number of piperazine rings is 1. The molecule has 1 aliphatic rings. The monoisotopic (exact) mass is 307 g/mol. The predicted octanol–water partition coefficient (Wildman–Crippen LogP) is 1.21. The Bertz CT molecular complexity index is 929. The summed E-state index contributed by atoms with van der Waals surface area (Å²) in [5.41, 5.74) is 2.21. The predicted molar refractivity (Wildman–Crippen MR) is 87.5 cm³/mol. The van der Waals surface area contributed by atoms with Gasteiger partial charge in [-0.1, -0.05) is 0 Å². The number of benzene rings is 1. The van der Waals surface area contributed by atoms with E-state index in [0.717, 1.165) is 48.7 Å². The zero-order valence-corrected chi connectivity index (χ0v) is 13.2. The number of likely N-dealkylation sites (N-methyl/N-ethyl adjacent to an activating group) is 1. The molecule has 0 aliphatic carbocycles. The molecule has 7 nitrogen and oxygen atoms in total. The highest BCUT2D eigenvalue weighted by Crippen LogP contribution is 2.24. The third kappa shape index (κ3) is 2.28. The van der Waals surface area contributed by atoms with E-state index in [1.165, 1.54) is 0 Å². The van der Waals surface area contributed by atoms with Crippen LogP contribution in [0.5, 0.6) is 0 Å². The SMILES string of the molecule is Cc1nc2c3cc(C#N)ccc3nc(N3CCN(C)CC3)n2n1. The Morgan fingerprint density at radius 1 is 1.13 bits per heavy atom. The first-order chi connectivity index (χ1) is 11.2. The molecule has 2 aromatic heterocycles. The van der Waals surface area contributed by atoms with Gasteiger partial charge in [0, 0.05) is 31.6 Å². The molecular weight excluding hydrogens is 290 g/mol. The Kier molecular flexibility index (Phi) is 3.13. The molecule has 7 heteroatoms. The zero-order valence-electron chi connectivity index (χ0n) is 13.2. The maximum atomic E-state index is 9.13. The molecule has 1 aromatic carbocycles. The van der Waals surface area contributed by atoms with E-state index in [4.69, 9.17) is 10.2 Å². The van der Waals surface area contributed by atoms with Crippen molar-refractivity contribution in [3.63, 3.8) is 0 Å². The van der Waals surface area contributed by atoms with Crippen LogP contribution in [0, 0.1) is 18.3 Å². The third-order valence-corrected chi connectivity index (χ3v) is 4.28. The van der Waals surface area contributed by atoms with Crippen molar-refractivity contribution in [2.24, 2.45) is 0 Å². The van der Waals surface area contributed by atoms with Gasteiger partial charge in [-0.15, -0.1) is 5.10 Å². The summed E-state index contributed by atoms with van der Waals surface area (Å²) in [5, 5.41) is 14.5. The standard InChI is InChI=1S/C16H17N7/c1-11-18-15-13-9-12(10-17)3-4-14(13)19-16(23(15)20-11)22-7-5-21(2)6-8-22/h3-4,9H,5-8H2,1-2H3. The van der Waals surface area contributed by atoms with Gasteiger partial charge in [-0.2, -0.15) is 9.78 Å². The number of nitrogens with zero attached hydrogens (tertiary/aromatic N) is 7. The van der Waals surface area contributed by atoms with Gasteiger partial charge in [-0.3, -0.25) is 0 Å². The van der Waals surface area contributed by atoms with E-state index >= 15 is 0 Å². The highest BCUT2D eigenvalue weighted by molar-refractivity contribution is 5.93. The van der Waals surface area contributed by atoms with Gasteiger partial charge in [-0.05, 0) is 32.2 Å². The lowest BCUT2D eigenvalue weighted by molar-refractivity contribution is 0.310. The van der Waals surface area contributed by atoms with E-state index < -0.39 is 0 Å². The summed E-state index contributed by atoms with van der Waals surface area (Å²) < 4.78 is 1.81. The molecule has 1 fully saturated rings. The largest absolute Gasteiger partial charge is 0.338 e. The van der Waals surface area contributed by atoms with Crippen molar-refractivity contribution in [3.05, 3.63) is 29.6 Å². The van der Waals surface area contributed by atoms with Crippen LogP contribution in [0.25, 0.3) is 16.6 Å². The maximum absolute atomic E-state index is 9.13. The molecule has 0 atom stereocenters. The van der Waals surface area contributed by atoms with E-state index in [1.54, 1.807) is 6.07 Å². The summed E-state index contributed by atoms with van der Waals surface area (Å²) in [5.74, 6) is 1.53. The van der Waals surface area contributed by atoms with Crippen LogP contribution in [0.1, 0.15) is 11.4 Å². The smallest absolute Gasteiger partial charge is 0.229 e. The Morgan fingerprint density at radius 2 is 1.91 bits per heavy atom. The first-order valence-electron chi connectivity index (χ1n) is 7.66. The van der Waals surface area contributed by atoms with Crippen molar-refractivity contribution >= 4 is 22.5 Å². The number of hydrogen-bond acceptors (Lipinski definition) is 6. The Morgan fingerprint density at radius 3 is 2.65 bits per heavy atom. The van der Waals surface area contributed by atoms with Crippen LogP contribution in [0.2, 0.25) is 0 Å². The second kappa shape index (κ2) is 5.18. The fourth-order valence-corrected chi connectivity index (χ4v) is 2.98. The fourth-order valence-electron chi connectivity index (χ4n) is 2.98. The molecule has 116 valence electrons. The van der Waals surface area contributed by atoms with Crippen LogP contribution >= 0.6 is 0 Å². The third-order valence-electron chi connectivity index (χ3n) is 4.28. The van der Waals surface area contributed by atoms with E-state index in [1.807, 2.05) is 23.6 Å². The quantitative estimate of drug-likeness (QED) is 0.673. The van der Waals surface area contributed by atoms with Gasteiger partial charge < -0.3 is 9.80 Å². The van der Waals surface area contributed by atoms with Crippen LogP contribution in [-0.2, 0) is 0 Å².